The maximum atomic E-state index is 11.9. The van der Waals surface area contributed by atoms with E-state index in [4.69, 9.17) is 12.2 Å². The van der Waals surface area contributed by atoms with Gasteiger partial charge in [0.15, 0.2) is 5.11 Å². The fourth-order valence-corrected chi connectivity index (χ4v) is 2.25. The maximum Gasteiger partial charge on any atom is 0.269 e. The fraction of sp³-hybridized carbons (Fsp3) is 0.529. The van der Waals surface area contributed by atoms with Crippen molar-refractivity contribution in [3.63, 3.8) is 0 Å². The number of benzene rings is 1. The van der Waals surface area contributed by atoms with Crippen molar-refractivity contribution in [1.29, 1.82) is 0 Å². The molecule has 1 aromatic rings. The molecule has 4 nitrogen and oxygen atoms in total. The number of nitrogens with one attached hydrogen (secondary N) is 3. The third-order valence-electron chi connectivity index (χ3n) is 3.70. The first-order chi connectivity index (χ1) is 10.6. The van der Waals surface area contributed by atoms with E-state index in [1.807, 2.05) is 19.1 Å². The summed E-state index contributed by atoms with van der Waals surface area (Å²) in [5.74, 6) is 0.426. The van der Waals surface area contributed by atoms with E-state index in [9.17, 15) is 4.79 Å². The zero-order chi connectivity index (χ0) is 16.4. The van der Waals surface area contributed by atoms with Gasteiger partial charge in [0, 0.05) is 12.1 Å². The zero-order valence-corrected chi connectivity index (χ0v) is 14.6. The van der Waals surface area contributed by atoms with E-state index in [1.54, 1.807) is 12.1 Å². The first kappa shape index (κ1) is 18.4. The molecule has 0 saturated heterocycles. The number of hydrogen-bond donors (Lipinski definition) is 3. The Bertz CT molecular complexity index is 473. The average molecular weight is 321 g/mol. The molecule has 0 bridgehead atoms. The number of rotatable bonds is 7. The first-order valence-corrected chi connectivity index (χ1v) is 8.38. The average Bonchev–Trinajstić information content (AvgIpc) is 2.53. The predicted molar refractivity (Wildman–Crippen MR) is 95.7 cm³/mol. The molecule has 0 aliphatic carbocycles. The van der Waals surface area contributed by atoms with E-state index < -0.39 is 0 Å². The molecule has 0 saturated carbocycles. The molecule has 122 valence electrons. The van der Waals surface area contributed by atoms with E-state index in [0.29, 0.717) is 16.6 Å². The number of hydrazine groups is 1. The van der Waals surface area contributed by atoms with Gasteiger partial charge in [-0.25, -0.2) is 0 Å². The minimum atomic E-state index is -0.192. The Morgan fingerprint density at radius 1 is 1.18 bits per heavy atom. The Kier molecular flexibility index (Phi) is 8.51. The lowest BCUT2D eigenvalue weighted by Crippen LogP contribution is -2.47. The molecule has 0 aliphatic rings. The summed E-state index contributed by atoms with van der Waals surface area (Å²) in [5.41, 5.74) is 7.09. The Labute approximate surface area is 139 Å². The van der Waals surface area contributed by atoms with E-state index in [1.165, 1.54) is 19.3 Å². The van der Waals surface area contributed by atoms with Crippen molar-refractivity contribution in [3.05, 3.63) is 35.4 Å². The molecule has 1 rings (SSSR count). The molecule has 0 aromatic heterocycles. The van der Waals surface area contributed by atoms with Crippen LogP contribution in [0.3, 0.4) is 0 Å². The zero-order valence-electron chi connectivity index (χ0n) is 13.7. The Morgan fingerprint density at radius 3 is 2.45 bits per heavy atom. The maximum absolute atomic E-state index is 11.9. The second-order valence-electron chi connectivity index (χ2n) is 5.57. The van der Waals surface area contributed by atoms with Gasteiger partial charge in [-0.15, -0.1) is 0 Å². The van der Waals surface area contributed by atoms with Gasteiger partial charge in [-0.05, 0) is 43.6 Å². The van der Waals surface area contributed by atoms with Crippen LogP contribution in [0.15, 0.2) is 24.3 Å². The second-order valence-corrected chi connectivity index (χ2v) is 5.98. The highest BCUT2D eigenvalue weighted by molar-refractivity contribution is 7.80. The predicted octanol–water partition coefficient (Wildman–Crippen LogP) is 3.32. The molecule has 0 fully saturated rings. The number of amides is 1. The smallest absolute Gasteiger partial charge is 0.269 e. The van der Waals surface area contributed by atoms with Gasteiger partial charge in [0.25, 0.3) is 5.91 Å². The van der Waals surface area contributed by atoms with Gasteiger partial charge in [-0.3, -0.25) is 15.6 Å². The van der Waals surface area contributed by atoms with Crippen LogP contribution in [0.25, 0.3) is 0 Å². The van der Waals surface area contributed by atoms with Gasteiger partial charge in [0.05, 0.1) is 0 Å². The van der Waals surface area contributed by atoms with Crippen LogP contribution < -0.4 is 16.2 Å². The van der Waals surface area contributed by atoms with Crippen LogP contribution in [0.5, 0.6) is 0 Å². The van der Waals surface area contributed by atoms with Crippen LogP contribution >= 0.6 is 12.2 Å². The summed E-state index contributed by atoms with van der Waals surface area (Å²) in [7, 11) is 0. The summed E-state index contributed by atoms with van der Waals surface area (Å²) in [5, 5.41) is 3.62. The normalized spacial score (nSPS) is 11.6. The van der Waals surface area contributed by atoms with Gasteiger partial charge in [0.1, 0.15) is 0 Å². The molecular formula is C17H27N3OS. The van der Waals surface area contributed by atoms with Gasteiger partial charge in [0.2, 0.25) is 0 Å². The summed E-state index contributed by atoms with van der Waals surface area (Å²) in [6.07, 6.45) is 4.79. The monoisotopic (exact) mass is 321 g/mol. The molecule has 0 spiro atoms. The molecule has 0 radical (unpaired) electrons. The quantitative estimate of drug-likeness (QED) is 0.533. The molecule has 0 unspecified atom stereocenters. The number of carbonyl (C=O) groups is 1. The third kappa shape index (κ3) is 6.89. The van der Waals surface area contributed by atoms with Gasteiger partial charge >= 0.3 is 0 Å². The lowest BCUT2D eigenvalue weighted by Gasteiger charge is -2.17. The Balaban J connectivity index is 2.30. The molecule has 0 heterocycles. The Hall–Kier alpha value is -1.62. The fourth-order valence-electron chi connectivity index (χ4n) is 2.12. The van der Waals surface area contributed by atoms with Crippen molar-refractivity contribution in [2.45, 2.75) is 46.5 Å². The van der Waals surface area contributed by atoms with Gasteiger partial charge in [-0.2, -0.15) is 0 Å². The molecule has 5 heteroatoms. The highest BCUT2D eigenvalue weighted by atomic mass is 32.1. The van der Waals surface area contributed by atoms with Crippen molar-refractivity contribution in [2.75, 3.05) is 6.54 Å². The third-order valence-corrected chi connectivity index (χ3v) is 3.94. The van der Waals surface area contributed by atoms with E-state index >= 15 is 0 Å². The van der Waals surface area contributed by atoms with Crippen LogP contribution in [0, 0.1) is 12.8 Å². The lowest BCUT2D eigenvalue weighted by molar-refractivity contribution is 0.0943. The van der Waals surface area contributed by atoms with Crippen molar-refractivity contribution in [3.8, 4) is 0 Å². The minimum absolute atomic E-state index is 0.192. The minimum Gasteiger partial charge on any atom is -0.361 e. The number of aryl methyl sites for hydroxylation is 1. The summed E-state index contributed by atoms with van der Waals surface area (Å²) in [4.78, 5) is 11.9. The molecule has 0 aliphatic heterocycles. The van der Waals surface area contributed by atoms with Crippen LogP contribution in [0.4, 0.5) is 0 Å². The number of carbonyl (C=O) groups excluding carboxylic acids is 1. The van der Waals surface area contributed by atoms with E-state index in [0.717, 1.165) is 18.5 Å². The van der Waals surface area contributed by atoms with Crippen molar-refractivity contribution < 1.29 is 4.79 Å². The number of thiocarbonyl (C=S) groups is 1. The second kappa shape index (κ2) is 10.2. The number of hydrogen-bond acceptors (Lipinski definition) is 2. The van der Waals surface area contributed by atoms with E-state index in [-0.39, 0.29) is 5.91 Å². The van der Waals surface area contributed by atoms with Crippen molar-refractivity contribution >= 4 is 23.2 Å². The summed E-state index contributed by atoms with van der Waals surface area (Å²) >= 11 is 5.19. The molecule has 1 amide bonds. The van der Waals surface area contributed by atoms with Gasteiger partial charge < -0.3 is 5.32 Å². The molecule has 1 atom stereocenters. The van der Waals surface area contributed by atoms with Crippen LogP contribution in [0.1, 0.15) is 55.5 Å². The highest BCUT2D eigenvalue weighted by Gasteiger charge is 2.08. The molecule has 1 aromatic carbocycles. The summed E-state index contributed by atoms with van der Waals surface area (Å²) in [6.45, 7) is 7.22. The van der Waals surface area contributed by atoms with Crippen LogP contribution in [-0.2, 0) is 0 Å². The SMILES string of the molecule is CCCC[C@H](CC)CNC(=S)NNC(=O)c1ccc(C)cc1. The topological polar surface area (TPSA) is 53.2 Å². The molecular weight excluding hydrogens is 294 g/mol. The summed E-state index contributed by atoms with van der Waals surface area (Å²) in [6, 6.07) is 7.40. The van der Waals surface area contributed by atoms with Crippen LogP contribution in [-0.4, -0.2) is 17.6 Å². The van der Waals surface area contributed by atoms with Gasteiger partial charge in [-0.1, -0.05) is 50.8 Å². The Morgan fingerprint density at radius 2 is 1.86 bits per heavy atom. The standard InChI is InChI=1S/C17H27N3OS/c1-4-6-7-14(5-2)12-18-17(22)20-19-16(21)15-10-8-13(3)9-11-15/h8-11,14H,4-7,12H2,1-3H3,(H,19,21)(H2,18,20,22)/t14-/m0/s1. The summed E-state index contributed by atoms with van der Waals surface area (Å²) < 4.78 is 0. The van der Waals surface area contributed by atoms with Crippen molar-refractivity contribution in [1.82, 2.24) is 16.2 Å². The number of unbranched alkanes of at least 4 members (excludes halogenated alkanes) is 1. The van der Waals surface area contributed by atoms with Crippen LogP contribution in [0.2, 0.25) is 0 Å². The van der Waals surface area contributed by atoms with E-state index in [2.05, 4.69) is 30.0 Å². The molecule has 3 N–H and O–H groups in total. The first-order valence-electron chi connectivity index (χ1n) is 7.97. The van der Waals surface area contributed by atoms with Crippen molar-refractivity contribution in [2.24, 2.45) is 5.92 Å². The lowest BCUT2D eigenvalue weighted by atomic mass is 9.99. The highest BCUT2D eigenvalue weighted by Crippen LogP contribution is 2.10. The largest absolute Gasteiger partial charge is 0.361 e. The molecule has 22 heavy (non-hydrogen) atoms.